The molecule has 224 valence electrons. The zero-order chi connectivity index (χ0) is 31.2. The molecule has 0 atom stereocenters. The number of halogens is 3. The predicted molar refractivity (Wildman–Crippen MR) is 153 cm³/mol. The molecule has 8 nitrogen and oxygen atoms in total. The number of nitrogens with one attached hydrogen (secondary N) is 1. The second-order valence-electron chi connectivity index (χ2n) is 10.5. The van der Waals surface area contributed by atoms with E-state index >= 15 is 0 Å². The third-order valence-electron chi connectivity index (χ3n) is 5.96. The van der Waals surface area contributed by atoms with Crippen molar-refractivity contribution < 1.29 is 37.1 Å². The van der Waals surface area contributed by atoms with Crippen molar-refractivity contribution >= 4 is 29.2 Å². The van der Waals surface area contributed by atoms with Gasteiger partial charge in [-0.2, -0.15) is 18.2 Å². The van der Waals surface area contributed by atoms with Gasteiger partial charge in [-0.25, -0.2) is 4.79 Å². The van der Waals surface area contributed by atoms with Crippen molar-refractivity contribution in [2.24, 2.45) is 0 Å². The Morgan fingerprint density at radius 2 is 1.71 bits per heavy atom. The Morgan fingerprint density at radius 1 is 1.00 bits per heavy atom. The summed E-state index contributed by atoms with van der Waals surface area (Å²) in [5.74, 6) is -1.42. The van der Waals surface area contributed by atoms with E-state index in [0.717, 1.165) is 40.9 Å². The summed E-state index contributed by atoms with van der Waals surface area (Å²) in [5, 5.41) is 3.03. The minimum Gasteiger partial charge on any atom is -0.442 e. The first-order valence-electron chi connectivity index (χ1n) is 13.4. The summed E-state index contributed by atoms with van der Waals surface area (Å²) in [6.45, 7) is 10.2. The molecular weight excluding hydrogens is 551 g/mol. The minimum atomic E-state index is -4.74. The molecule has 1 N–H and O–H groups in total. The number of ketones is 1. The maximum absolute atomic E-state index is 13.5. The number of aryl methyl sites for hydroxylation is 2. The Bertz CT molecular complexity index is 1460. The highest BCUT2D eigenvalue weighted by Crippen LogP contribution is 2.36. The van der Waals surface area contributed by atoms with E-state index in [-0.39, 0.29) is 23.5 Å². The van der Waals surface area contributed by atoms with Gasteiger partial charge in [-0.1, -0.05) is 25.1 Å². The molecule has 0 saturated carbocycles. The number of aromatic nitrogens is 1. The molecule has 0 bridgehead atoms. The number of hydrogen-bond acceptors (Lipinski definition) is 6. The van der Waals surface area contributed by atoms with E-state index in [4.69, 9.17) is 9.57 Å². The Balaban J connectivity index is 1.91. The monoisotopic (exact) mass is 585 g/mol. The first kappa shape index (κ1) is 32.3. The summed E-state index contributed by atoms with van der Waals surface area (Å²) >= 11 is 0. The van der Waals surface area contributed by atoms with E-state index in [2.05, 4.69) is 10.3 Å². The largest absolute Gasteiger partial charge is 0.442 e. The van der Waals surface area contributed by atoms with Gasteiger partial charge in [-0.3, -0.25) is 19.4 Å². The summed E-state index contributed by atoms with van der Waals surface area (Å²) < 4.78 is 46.0. The summed E-state index contributed by atoms with van der Waals surface area (Å²) in [5.41, 5.74) is 1.16. The number of nitrogens with zero attached hydrogens (tertiary/aromatic N) is 2. The zero-order valence-electron chi connectivity index (χ0n) is 24.4. The lowest BCUT2D eigenvalue weighted by Gasteiger charge is -2.28. The second kappa shape index (κ2) is 13.2. The molecule has 0 aliphatic rings. The summed E-state index contributed by atoms with van der Waals surface area (Å²) in [4.78, 5) is 48.6. The van der Waals surface area contributed by atoms with Crippen molar-refractivity contribution in [2.75, 3.05) is 17.0 Å². The van der Waals surface area contributed by atoms with Crippen LogP contribution in [0.1, 0.15) is 68.2 Å². The van der Waals surface area contributed by atoms with Crippen LogP contribution in [0.15, 0.2) is 54.7 Å². The molecule has 0 unspecified atom stereocenters. The number of pyridine rings is 1. The number of alkyl halides is 3. The smallest absolute Gasteiger partial charge is 0.439 e. The van der Waals surface area contributed by atoms with Gasteiger partial charge in [-0.15, -0.1) is 0 Å². The Hall–Kier alpha value is -4.25. The van der Waals surface area contributed by atoms with Gasteiger partial charge >= 0.3 is 12.3 Å². The number of amides is 2. The van der Waals surface area contributed by atoms with Crippen molar-refractivity contribution in [1.82, 2.24) is 4.98 Å². The van der Waals surface area contributed by atoms with Gasteiger partial charge in [0.1, 0.15) is 5.60 Å². The van der Waals surface area contributed by atoms with Crippen molar-refractivity contribution in [3.8, 4) is 11.1 Å². The molecule has 0 fully saturated rings. The Kier molecular flexibility index (Phi) is 10.1. The molecule has 1 heterocycles. The van der Waals surface area contributed by atoms with E-state index in [0.29, 0.717) is 11.1 Å². The van der Waals surface area contributed by atoms with Gasteiger partial charge in [0, 0.05) is 17.5 Å². The fourth-order valence-corrected chi connectivity index (χ4v) is 4.08. The van der Waals surface area contributed by atoms with E-state index in [9.17, 15) is 27.6 Å². The zero-order valence-corrected chi connectivity index (χ0v) is 24.4. The van der Waals surface area contributed by atoms with Crippen molar-refractivity contribution in [3.63, 3.8) is 0 Å². The van der Waals surface area contributed by atoms with Crippen LogP contribution >= 0.6 is 0 Å². The first-order valence-corrected chi connectivity index (χ1v) is 13.4. The van der Waals surface area contributed by atoms with Crippen molar-refractivity contribution in [3.05, 3.63) is 77.1 Å². The summed E-state index contributed by atoms with van der Waals surface area (Å²) in [6.07, 6.45) is -3.88. The third-order valence-corrected chi connectivity index (χ3v) is 5.96. The number of ether oxygens (including phenoxy) is 1. The van der Waals surface area contributed by atoms with E-state index in [1.165, 1.54) is 0 Å². The van der Waals surface area contributed by atoms with Crippen LogP contribution in [0.25, 0.3) is 11.1 Å². The number of Topliss-reactive ketones (excluding diaryl/α,β-unsaturated/α-hetero) is 1. The van der Waals surface area contributed by atoms with Crippen LogP contribution in [0.3, 0.4) is 0 Å². The van der Waals surface area contributed by atoms with Crippen LogP contribution in [0.5, 0.6) is 0 Å². The second-order valence-corrected chi connectivity index (χ2v) is 10.5. The number of anilines is 2. The molecule has 2 amide bonds. The van der Waals surface area contributed by atoms with E-state index < -0.39 is 41.5 Å². The topological polar surface area (TPSA) is 97.8 Å². The molecule has 11 heteroatoms. The van der Waals surface area contributed by atoms with E-state index in [1.807, 2.05) is 26.0 Å². The minimum absolute atomic E-state index is 0.0285. The Morgan fingerprint density at radius 3 is 2.33 bits per heavy atom. The molecular formula is C31H34F3N3O5. The number of carbonyl (C=O) groups excluding carboxylic acids is 3. The molecule has 1 aromatic heterocycles. The summed E-state index contributed by atoms with van der Waals surface area (Å²) in [7, 11) is 0. The average molecular weight is 586 g/mol. The lowest BCUT2D eigenvalue weighted by molar-refractivity contribution is -0.137. The molecule has 0 radical (unpaired) electrons. The fourth-order valence-electron chi connectivity index (χ4n) is 4.08. The number of hydroxylamine groups is 1. The molecule has 3 rings (SSSR count). The fraction of sp³-hybridized carbons (Fsp3) is 0.355. The van der Waals surface area contributed by atoms with Gasteiger partial charge < -0.3 is 10.1 Å². The van der Waals surface area contributed by atoms with Gasteiger partial charge in [0.15, 0.2) is 5.78 Å². The van der Waals surface area contributed by atoms with Crippen LogP contribution in [0.4, 0.5) is 29.3 Å². The quantitative estimate of drug-likeness (QED) is 0.158. The lowest BCUT2D eigenvalue weighted by Crippen LogP contribution is -2.37. The normalized spacial score (nSPS) is 11.6. The van der Waals surface area contributed by atoms with Crippen molar-refractivity contribution in [1.29, 1.82) is 0 Å². The molecule has 2 aromatic carbocycles. The average Bonchev–Trinajstić information content (AvgIpc) is 2.90. The molecule has 42 heavy (non-hydrogen) atoms. The SMILES string of the molecule is CCON(C(=O)OC(C)(C)C)c1ccc(C(F)(F)F)cc1NC(=O)CC(=O)c1cccc(-c2cc(C)ncc2CC)c1. The van der Waals surface area contributed by atoms with Crippen LogP contribution in [-0.4, -0.2) is 35.0 Å². The maximum atomic E-state index is 13.5. The van der Waals surface area contributed by atoms with Crippen LogP contribution < -0.4 is 10.4 Å². The lowest BCUT2D eigenvalue weighted by atomic mass is 9.96. The molecule has 0 aliphatic carbocycles. The number of carbonyl (C=O) groups is 3. The molecule has 0 saturated heterocycles. The Labute approximate surface area is 242 Å². The molecule has 0 spiro atoms. The third kappa shape index (κ3) is 8.39. The number of hydrogen-bond donors (Lipinski definition) is 1. The molecule has 3 aromatic rings. The van der Waals surface area contributed by atoms with Gasteiger partial charge in [-0.05, 0) is 88.1 Å². The summed E-state index contributed by atoms with van der Waals surface area (Å²) in [6, 6.07) is 11.1. The van der Waals surface area contributed by atoms with Gasteiger partial charge in [0.25, 0.3) is 0 Å². The highest BCUT2D eigenvalue weighted by atomic mass is 19.4. The standard InChI is InChI=1S/C31H34F3N3O5/c1-7-20-18-35-19(3)14-24(20)21-10-9-11-22(15-21)27(38)17-28(39)36-25-16-23(31(32,33)34)12-13-26(25)37(41-8-2)29(40)42-30(4,5)6/h9-16,18H,7-8,17H2,1-6H3,(H,36,39). The highest BCUT2D eigenvalue weighted by molar-refractivity contribution is 6.12. The molecule has 0 aliphatic heterocycles. The first-order chi connectivity index (χ1) is 19.6. The number of rotatable bonds is 9. The maximum Gasteiger partial charge on any atom is 0.439 e. The van der Waals surface area contributed by atoms with Crippen molar-refractivity contribution in [2.45, 2.75) is 66.2 Å². The number of benzene rings is 2. The highest BCUT2D eigenvalue weighted by Gasteiger charge is 2.33. The van der Waals surface area contributed by atoms with Gasteiger partial charge in [0.2, 0.25) is 5.91 Å². The predicted octanol–water partition coefficient (Wildman–Crippen LogP) is 7.54. The van der Waals surface area contributed by atoms with Crippen LogP contribution in [0, 0.1) is 6.92 Å². The van der Waals surface area contributed by atoms with Crippen LogP contribution in [0.2, 0.25) is 0 Å². The van der Waals surface area contributed by atoms with Gasteiger partial charge in [0.05, 0.1) is 30.0 Å². The van der Waals surface area contributed by atoms with E-state index in [1.54, 1.807) is 52.1 Å². The van der Waals surface area contributed by atoms with Crippen LogP contribution in [-0.2, 0) is 27.0 Å².